The molecule has 2 heterocycles. The van der Waals surface area contributed by atoms with Crippen molar-refractivity contribution in [1.82, 2.24) is 10.3 Å². The molecule has 0 saturated carbocycles. The number of aromatic amines is 1. The molecule has 1 aliphatic rings. The molecule has 72 valence electrons. The number of anilines is 1. The van der Waals surface area contributed by atoms with Gasteiger partial charge in [0.25, 0.3) is 17.4 Å². The molecule has 0 aliphatic carbocycles. The number of hydrogen-bond acceptors (Lipinski definition) is 4. The molecule has 2 amide bonds. The second kappa shape index (κ2) is 2.44. The number of carbonyl (C=O) groups is 2. The maximum Gasteiger partial charge on any atom is 0.262 e. The molecule has 0 bridgehead atoms. The van der Waals surface area contributed by atoms with Crippen LogP contribution >= 0.6 is 0 Å². The summed E-state index contributed by atoms with van der Waals surface area (Å²) >= 11 is 0. The Morgan fingerprint density at radius 3 is 2.29 bits per heavy atom. The van der Waals surface area contributed by atoms with E-state index in [2.05, 4.69) is 10.3 Å². The van der Waals surface area contributed by atoms with E-state index < -0.39 is 17.4 Å². The monoisotopic (exact) mass is 193 g/mol. The van der Waals surface area contributed by atoms with E-state index in [0.717, 1.165) is 0 Å². The van der Waals surface area contributed by atoms with Crippen LogP contribution in [0.4, 0.5) is 5.82 Å². The van der Waals surface area contributed by atoms with Gasteiger partial charge in [0.15, 0.2) is 0 Å². The fraction of sp³-hybridized carbons (Fsp3) is 0.125. The highest BCUT2D eigenvalue weighted by molar-refractivity contribution is 6.23. The van der Waals surface area contributed by atoms with Crippen molar-refractivity contribution >= 4 is 17.6 Å². The molecular formula is C8H7N3O3. The van der Waals surface area contributed by atoms with Gasteiger partial charge in [-0.15, -0.1) is 0 Å². The molecule has 6 heteroatoms. The standard InChI is InChI=1S/C8H7N3O3/c1-2-3-4(5(9)10-6(2)12)8(14)11-7(3)13/h1H3,(H3,9,10,12)(H,11,13,14). The fourth-order valence-electron chi connectivity index (χ4n) is 1.46. The number of nitrogen functional groups attached to an aromatic ring is 1. The maximum absolute atomic E-state index is 11.3. The van der Waals surface area contributed by atoms with E-state index in [1.807, 2.05) is 0 Å². The van der Waals surface area contributed by atoms with Crippen LogP contribution < -0.4 is 16.6 Å². The van der Waals surface area contributed by atoms with Gasteiger partial charge < -0.3 is 10.7 Å². The summed E-state index contributed by atoms with van der Waals surface area (Å²) in [6.45, 7) is 1.47. The molecule has 0 spiro atoms. The number of pyridine rings is 1. The average Bonchev–Trinajstić information content (AvgIpc) is 2.38. The maximum atomic E-state index is 11.3. The molecule has 2 rings (SSSR count). The van der Waals surface area contributed by atoms with E-state index in [-0.39, 0.29) is 22.5 Å². The molecule has 1 aromatic rings. The SMILES string of the molecule is Cc1c2c(c(N)[nH]c1=O)C(=O)NC2=O. The highest BCUT2D eigenvalue weighted by Crippen LogP contribution is 2.20. The third kappa shape index (κ3) is 0.875. The number of hydrogen-bond donors (Lipinski definition) is 3. The zero-order chi connectivity index (χ0) is 10.5. The normalized spacial score (nSPS) is 14.1. The second-order valence-corrected chi connectivity index (χ2v) is 3.03. The number of H-pyrrole nitrogens is 1. The summed E-state index contributed by atoms with van der Waals surface area (Å²) in [7, 11) is 0. The lowest BCUT2D eigenvalue weighted by Gasteiger charge is -2.01. The Balaban J connectivity index is 2.93. The van der Waals surface area contributed by atoms with Crippen LogP contribution in [0.5, 0.6) is 0 Å². The molecular weight excluding hydrogens is 186 g/mol. The zero-order valence-corrected chi connectivity index (χ0v) is 7.30. The van der Waals surface area contributed by atoms with Crippen LogP contribution in [0.3, 0.4) is 0 Å². The van der Waals surface area contributed by atoms with Gasteiger partial charge in [0, 0.05) is 5.56 Å². The highest BCUT2D eigenvalue weighted by atomic mass is 16.2. The summed E-state index contributed by atoms with van der Waals surface area (Å²) in [4.78, 5) is 36.0. The number of carbonyl (C=O) groups excluding carboxylic acids is 2. The number of fused-ring (bicyclic) bond motifs is 1. The smallest absolute Gasteiger partial charge is 0.262 e. The topological polar surface area (TPSA) is 105 Å². The number of imide groups is 1. The molecule has 0 fully saturated rings. The number of nitrogens with one attached hydrogen (secondary N) is 2. The van der Waals surface area contributed by atoms with Crippen molar-refractivity contribution < 1.29 is 9.59 Å². The molecule has 0 atom stereocenters. The molecule has 6 nitrogen and oxygen atoms in total. The molecule has 0 aromatic carbocycles. The van der Waals surface area contributed by atoms with Crippen molar-refractivity contribution in [3.63, 3.8) is 0 Å². The minimum absolute atomic E-state index is 0.0621. The van der Waals surface area contributed by atoms with Gasteiger partial charge in [-0.2, -0.15) is 0 Å². The Labute approximate surface area is 78.1 Å². The third-order valence-electron chi connectivity index (χ3n) is 2.16. The predicted molar refractivity (Wildman–Crippen MR) is 48.0 cm³/mol. The molecule has 14 heavy (non-hydrogen) atoms. The van der Waals surface area contributed by atoms with Crippen LogP contribution in [0.1, 0.15) is 26.3 Å². The van der Waals surface area contributed by atoms with E-state index in [4.69, 9.17) is 5.73 Å². The number of nitrogens with two attached hydrogens (primary N) is 1. The van der Waals surface area contributed by atoms with E-state index in [9.17, 15) is 14.4 Å². The predicted octanol–water partition coefficient (Wildman–Crippen LogP) is -0.851. The summed E-state index contributed by atoms with van der Waals surface area (Å²) in [5.74, 6) is -1.21. The van der Waals surface area contributed by atoms with E-state index in [1.165, 1.54) is 6.92 Å². The van der Waals surface area contributed by atoms with Gasteiger partial charge in [-0.05, 0) is 6.92 Å². The minimum atomic E-state index is -0.569. The summed E-state index contributed by atoms with van der Waals surface area (Å²) < 4.78 is 0. The van der Waals surface area contributed by atoms with Crippen molar-refractivity contribution in [2.75, 3.05) is 5.73 Å². The van der Waals surface area contributed by atoms with Crippen LogP contribution in [0.15, 0.2) is 4.79 Å². The Hall–Kier alpha value is -2.11. The highest BCUT2D eigenvalue weighted by Gasteiger charge is 2.32. The Morgan fingerprint density at radius 2 is 1.64 bits per heavy atom. The summed E-state index contributed by atoms with van der Waals surface area (Å²) in [5, 5.41) is 2.07. The van der Waals surface area contributed by atoms with Gasteiger partial charge in [0.05, 0.1) is 11.1 Å². The van der Waals surface area contributed by atoms with Gasteiger partial charge in [-0.3, -0.25) is 19.7 Å². The Morgan fingerprint density at radius 1 is 1.07 bits per heavy atom. The van der Waals surface area contributed by atoms with Crippen LogP contribution in [-0.2, 0) is 0 Å². The molecule has 0 radical (unpaired) electrons. The van der Waals surface area contributed by atoms with Crippen molar-refractivity contribution in [3.05, 3.63) is 27.0 Å². The van der Waals surface area contributed by atoms with Crippen molar-refractivity contribution in [1.29, 1.82) is 0 Å². The Bertz CT molecular complexity index is 515. The molecule has 1 aliphatic heterocycles. The van der Waals surface area contributed by atoms with Gasteiger partial charge >= 0.3 is 0 Å². The van der Waals surface area contributed by atoms with Gasteiger partial charge in [-0.25, -0.2) is 0 Å². The van der Waals surface area contributed by atoms with Crippen LogP contribution in [0.2, 0.25) is 0 Å². The first-order valence-electron chi connectivity index (χ1n) is 3.90. The number of rotatable bonds is 0. The Kier molecular flexibility index (Phi) is 1.48. The quantitative estimate of drug-likeness (QED) is 0.466. The average molecular weight is 193 g/mol. The van der Waals surface area contributed by atoms with Gasteiger partial charge in [-0.1, -0.05) is 0 Å². The lowest BCUT2D eigenvalue weighted by atomic mass is 10.1. The number of aromatic nitrogens is 1. The van der Waals surface area contributed by atoms with Crippen molar-refractivity contribution in [2.45, 2.75) is 6.92 Å². The van der Waals surface area contributed by atoms with Crippen molar-refractivity contribution in [3.8, 4) is 0 Å². The zero-order valence-electron chi connectivity index (χ0n) is 7.30. The van der Waals surface area contributed by atoms with Crippen LogP contribution in [0.25, 0.3) is 0 Å². The van der Waals surface area contributed by atoms with Crippen LogP contribution in [-0.4, -0.2) is 16.8 Å². The molecule has 0 saturated heterocycles. The summed E-state index contributed by atoms with van der Waals surface area (Å²) in [5.41, 5.74) is 5.32. The first-order valence-corrected chi connectivity index (χ1v) is 3.90. The first kappa shape index (κ1) is 8.49. The summed E-state index contributed by atoms with van der Waals surface area (Å²) in [6.07, 6.45) is 0. The summed E-state index contributed by atoms with van der Waals surface area (Å²) in [6, 6.07) is 0. The van der Waals surface area contributed by atoms with E-state index in [1.54, 1.807) is 0 Å². The van der Waals surface area contributed by atoms with Crippen LogP contribution in [0, 0.1) is 6.92 Å². The largest absolute Gasteiger partial charge is 0.384 e. The fourth-order valence-corrected chi connectivity index (χ4v) is 1.46. The lowest BCUT2D eigenvalue weighted by Crippen LogP contribution is -2.20. The molecule has 4 N–H and O–H groups in total. The van der Waals surface area contributed by atoms with E-state index in [0.29, 0.717) is 0 Å². The second-order valence-electron chi connectivity index (χ2n) is 3.03. The van der Waals surface area contributed by atoms with E-state index >= 15 is 0 Å². The molecule has 0 unspecified atom stereocenters. The number of amides is 2. The van der Waals surface area contributed by atoms with Crippen molar-refractivity contribution in [2.24, 2.45) is 0 Å². The minimum Gasteiger partial charge on any atom is -0.384 e. The third-order valence-corrected chi connectivity index (χ3v) is 2.16. The lowest BCUT2D eigenvalue weighted by molar-refractivity contribution is 0.0880. The van der Waals surface area contributed by atoms with Gasteiger partial charge in [0.1, 0.15) is 5.82 Å². The molecule has 1 aromatic heterocycles. The first-order chi connectivity index (χ1) is 6.52. The van der Waals surface area contributed by atoms with Gasteiger partial charge in [0.2, 0.25) is 0 Å².